The van der Waals surface area contributed by atoms with Crippen LogP contribution in [0, 0.1) is 11.8 Å². The van der Waals surface area contributed by atoms with E-state index in [0.717, 1.165) is 69.6 Å². The molecule has 0 fully saturated rings. The van der Waals surface area contributed by atoms with Crippen molar-refractivity contribution < 1.29 is 28.6 Å². The average Bonchev–Trinajstić information content (AvgIpc) is 3.11. The molecule has 0 saturated carbocycles. The first kappa shape index (κ1) is 50.4. The first-order chi connectivity index (χ1) is 25.2. The molecule has 0 aromatic heterocycles. The van der Waals surface area contributed by atoms with Crippen molar-refractivity contribution in [3.63, 3.8) is 0 Å². The molecule has 0 aliphatic heterocycles. The van der Waals surface area contributed by atoms with E-state index in [-0.39, 0.29) is 31.1 Å². The van der Waals surface area contributed by atoms with Crippen LogP contribution in [0.3, 0.4) is 0 Å². The van der Waals surface area contributed by atoms with Crippen molar-refractivity contribution in [1.82, 2.24) is 0 Å². The van der Waals surface area contributed by atoms with Crippen molar-refractivity contribution in [3.8, 4) is 0 Å². The van der Waals surface area contributed by atoms with Gasteiger partial charge in [0.1, 0.15) is 13.2 Å². The Hall–Kier alpha value is -1.59. The van der Waals surface area contributed by atoms with Crippen LogP contribution in [0.1, 0.15) is 247 Å². The lowest BCUT2D eigenvalue weighted by atomic mass is 10.0. The molecule has 52 heavy (non-hydrogen) atoms. The van der Waals surface area contributed by atoms with Gasteiger partial charge < -0.3 is 14.2 Å². The number of hydrogen-bond acceptors (Lipinski definition) is 6. The maximum absolute atomic E-state index is 12.7. The lowest BCUT2D eigenvalue weighted by Crippen LogP contribution is -2.30. The van der Waals surface area contributed by atoms with E-state index in [0.29, 0.717) is 19.3 Å². The molecule has 0 aliphatic rings. The predicted molar refractivity (Wildman–Crippen MR) is 220 cm³/mol. The molecule has 0 saturated heterocycles. The summed E-state index contributed by atoms with van der Waals surface area (Å²) in [4.78, 5) is 37.7. The Balaban J connectivity index is 4.35. The molecule has 0 spiro atoms. The third kappa shape index (κ3) is 39.6. The van der Waals surface area contributed by atoms with E-state index in [1.54, 1.807) is 0 Å². The van der Waals surface area contributed by atoms with Crippen LogP contribution in [0.5, 0.6) is 0 Å². The van der Waals surface area contributed by atoms with Crippen LogP contribution in [-0.2, 0) is 28.6 Å². The Labute approximate surface area is 323 Å². The zero-order chi connectivity index (χ0) is 38.3. The molecule has 0 aromatic rings. The van der Waals surface area contributed by atoms with E-state index in [9.17, 15) is 14.4 Å². The SMILES string of the molecule is CCCCCCCCCCCCCC(=O)OC[C@H](COC(=O)CCCCCCCCCCC(C)C)OC(=O)CCCCCCCCCCCC(C)C. The predicted octanol–water partition coefficient (Wildman–Crippen LogP) is 14.2. The molecule has 0 rings (SSSR count). The Bertz CT molecular complexity index is 794. The summed E-state index contributed by atoms with van der Waals surface area (Å²) in [5.41, 5.74) is 0. The Morgan fingerprint density at radius 2 is 0.635 bits per heavy atom. The topological polar surface area (TPSA) is 78.9 Å². The zero-order valence-corrected chi connectivity index (χ0v) is 35.4. The molecular formula is C46H88O6. The average molecular weight is 737 g/mol. The highest BCUT2D eigenvalue weighted by Crippen LogP contribution is 2.16. The Morgan fingerprint density at radius 3 is 0.942 bits per heavy atom. The highest BCUT2D eigenvalue weighted by atomic mass is 16.6. The van der Waals surface area contributed by atoms with Gasteiger partial charge in [-0.1, -0.05) is 208 Å². The maximum atomic E-state index is 12.7. The van der Waals surface area contributed by atoms with E-state index in [1.807, 2.05) is 0 Å². The number of unbranched alkanes of at least 4 members (excludes halogenated alkanes) is 25. The second kappa shape index (κ2) is 39.1. The van der Waals surface area contributed by atoms with Crippen LogP contribution in [0.4, 0.5) is 0 Å². The fraction of sp³-hybridized carbons (Fsp3) is 0.935. The van der Waals surface area contributed by atoms with Gasteiger partial charge in [-0.05, 0) is 31.1 Å². The monoisotopic (exact) mass is 737 g/mol. The quantitative estimate of drug-likeness (QED) is 0.0354. The molecule has 0 aliphatic carbocycles. The molecule has 0 radical (unpaired) electrons. The van der Waals surface area contributed by atoms with Gasteiger partial charge in [0.05, 0.1) is 0 Å². The minimum Gasteiger partial charge on any atom is -0.462 e. The fourth-order valence-electron chi connectivity index (χ4n) is 6.75. The zero-order valence-electron chi connectivity index (χ0n) is 35.4. The van der Waals surface area contributed by atoms with E-state index >= 15 is 0 Å². The van der Waals surface area contributed by atoms with Crippen LogP contribution in [-0.4, -0.2) is 37.2 Å². The first-order valence-corrected chi connectivity index (χ1v) is 22.7. The van der Waals surface area contributed by atoms with Crippen LogP contribution >= 0.6 is 0 Å². The number of carbonyl (C=O) groups excluding carboxylic acids is 3. The molecule has 0 aromatic carbocycles. The summed E-state index contributed by atoms with van der Waals surface area (Å²) >= 11 is 0. The van der Waals surface area contributed by atoms with Crippen LogP contribution < -0.4 is 0 Å². The summed E-state index contributed by atoms with van der Waals surface area (Å²) in [6, 6.07) is 0. The molecule has 0 amide bonds. The van der Waals surface area contributed by atoms with Gasteiger partial charge in [0, 0.05) is 19.3 Å². The third-order valence-electron chi connectivity index (χ3n) is 10.2. The first-order valence-electron chi connectivity index (χ1n) is 22.7. The molecule has 1 atom stereocenters. The van der Waals surface area contributed by atoms with Crippen LogP contribution in [0.25, 0.3) is 0 Å². The molecule has 308 valence electrons. The molecule has 6 nitrogen and oxygen atoms in total. The normalized spacial score (nSPS) is 12.1. The summed E-state index contributed by atoms with van der Waals surface area (Å²) in [5, 5.41) is 0. The number of rotatable bonds is 40. The van der Waals surface area contributed by atoms with Crippen LogP contribution in [0.2, 0.25) is 0 Å². The Morgan fingerprint density at radius 1 is 0.365 bits per heavy atom. The van der Waals surface area contributed by atoms with Crippen LogP contribution in [0.15, 0.2) is 0 Å². The molecular weight excluding hydrogens is 648 g/mol. The summed E-state index contributed by atoms with van der Waals surface area (Å²) in [7, 11) is 0. The van der Waals surface area contributed by atoms with E-state index in [1.165, 1.54) is 135 Å². The van der Waals surface area contributed by atoms with Gasteiger partial charge >= 0.3 is 17.9 Å². The maximum Gasteiger partial charge on any atom is 0.306 e. The number of carbonyl (C=O) groups is 3. The highest BCUT2D eigenvalue weighted by Gasteiger charge is 2.19. The standard InChI is InChI=1S/C46H88O6/c1-6-7-8-9-10-11-12-15-21-26-31-36-44(47)50-39-43(40-51-45(48)37-32-27-22-18-17-20-25-30-35-42(4)5)52-46(49)38-33-28-23-16-13-14-19-24-29-34-41(2)3/h41-43H,6-40H2,1-5H3/t43-/m1/s1. The van der Waals surface area contributed by atoms with Gasteiger partial charge in [0.15, 0.2) is 6.10 Å². The van der Waals surface area contributed by atoms with Gasteiger partial charge in [-0.2, -0.15) is 0 Å². The molecule has 0 unspecified atom stereocenters. The smallest absolute Gasteiger partial charge is 0.306 e. The number of hydrogen-bond donors (Lipinski definition) is 0. The van der Waals surface area contributed by atoms with Gasteiger partial charge in [-0.15, -0.1) is 0 Å². The highest BCUT2D eigenvalue weighted by molar-refractivity contribution is 5.71. The van der Waals surface area contributed by atoms with Gasteiger partial charge in [0.25, 0.3) is 0 Å². The van der Waals surface area contributed by atoms with Gasteiger partial charge in [0.2, 0.25) is 0 Å². The van der Waals surface area contributed by atoms with E-state index < -0.39 is 6.10 Å². The molecule has 0 N–H and O–H groups in total. The largest absolute Gasteiger partial charge is 0.462 e. The minimum atomic E-state index is -0.760. The summed E-state index contributed by atoms with van der Waals surface area (Å²) in [6.45, 7) is 11.3. The second-order valence-corrected chi connectivity index (χ2v) is 16.6. The molecule has 0 heterocycles. The van der Waals surface area contributed by atoms with Gasteiger partial charge in [-0.3, -0.25) is 14.4 Å². The van der Waals surface area contributed by atoms with Crippen molar-refractivity contribution in [3.05, 3.63) is 0 Å². The number of esters is 3. The molecule has 6 heteroatoms. The lowest BCUT2D eigenvalue weighted by molar-refractivity contribution is -0.167. The fourth-order valence-corrected chi connectivity index (χ4v) is 6.75. The van der Waals surface area contributed by atoms with Crippen molar-refractivity contribution in [2.75, 3.05) is 13.2 Å². The van der Waals surface area contributed by atoms with Crippen molar-refractivity contribution in [2.45, 2.75) is 253 Å². The summed E-state index contributed by atoms with van der Waals surface area (Å²) in [6.07, 6.45) is 36.6. The third-order valence-corrected chi connectivity index (χ3v) is 10.2. The second-order valence-electron chi connectivity index (χ2n) is 16.6. The number of ether oxygens (including phenoxy) is 3. The van der Waals surface area contributed by atoms with E-state index in [4.69, 9.17) is 14.2 Å². The van der Waals surface area contributed by atoms with E-state index in [2.05, 4.69) is 34.6 Å². The van der Waals surface area contributed by atoms with Crippen molar-refractivity contribution >= 4 is 17.9 Å². The van der Waals surface area contributed by atoms with Crippen molar-refractivity contribution in [1.29, 1.82) is 0 Å². The molecule has 0 bridgehead atoms. The van der Waals surface area contributed by atoms with Crippen molar-refractivity contribution in [2.24, 2.45) is 11.8 Å². The minimum absolute atomic E-state index is 0.0653. The summed E-state index contributed by atoms with van der Waals surface area (Å²) in [5.74, 6) is 0.742. The summed E-state index contributed by atoms with van der Waals surface area (Å²) < 4.78 is 16.7. The lowest BCUT2D eigenvalue weighted by Gasteiger charge is -2.18. The Kier molecular flexibility index (Phi) is 37.9. The van der Waals surface area contributed by atoms with Gasteiger partial charge in [-0.25, -0.2) is 0 Å².